The highest BCUT2D eigenvalue weighted by molar-refractivity contribution is 7.71. The van der Waals surface area contributed by atoms with Crippen LogP contribution in [-0.2, 0) is 0 Å². The number of aromatic nitrogens is 3. The third-order valence-electron chi connectivity index (χ3n) is 1.36. The van der Waals surface area contributed by atoms with E-state index in [4.69, 9.17) is 16.7 Å². The molecule has 56 valence electrons. The number of nitrogens with zero attached hydrogens (tertiary/aromatic N) is 2. The van der Waals surface area contributed by atoms with E-state index in [2.05, 4.69) is 15.1 Å². The zero-order valence-corrected chi connectivity index (χ0v) is 6.60. The van der Waals surface area contributed by atoms with Crippen LogP contribution in [0.2, 0.25) is 0 Å². The minimum Gasteiger partial charge on any atom is -0.338 e. The largest absolute Gasteiger partial charge is 0.338 e. The van der Waals surface area contributed by atoms with Crippen LogP contribution < -0.4 is 0 Å². The summed E-state index contributed by atoms with van der Waals surface area (Å²) in [7, 11) is 0. The lowest BCUT2D eigenvalue weighted by molar-refractivity contribution is 0.447. The number of hydrogen-bond donors (Lipinski definition) is 1. The third-order valence-corrected chi connectivity index (χ3v) is 1.68. The van der Waals surface area contributed by atoms with Crippen molar-refractivity contribution in [1.29, 1.82) is 0 Å². The monoisotopic (exact) mass is 167 g/mol. The van der Waals surface area contributed by atoms with Gasteiger partial charge in [-0.05, 0) is 6.92 Å². The van der Waals surface area contributed by atoms with Crippen molar-refractivity contribution in [3.8, 4) is 0 Å². The van der Waals surface area contributed by atoms with E-state index in [1.807, 2.05) is 6.92 Å². The maximum Gasteiger partial charge on any atom is 0.240 e. The van der Waals surface area contributed by atoms with Gasteiger partial charge in [0.1, 0.15) is 10.5 Å². The van der Waals surface area contributed by atoms with Crippen LogP contribution in [0.3, 0.4) is 0 Å². The summed E-state index contributed by atoms with van der Waals surface area (Å²) in [6, 6.07) is 0. The molecule has 2 heterocycles. The second-order valence-electron chi connectivity index (χ2n) is 2.20. The molecule has 2 aromatic heterocycles. The second-order valence-corrected chi connectivity index (χ2v) is 2.58. The molecule has 0 aromatic carbocycles. The topological polar surface area (TPSA) is 54.7 Å². The Hall–Kier alpha value is -1.23. The Morgan fingerprint density at radius 2 is 2.45 bits per heavy atom. The van der Waals surface area contributed by atoms with Crippen LogP contribution in [0.1, 0.15) is 5.82 Å². The van der Waals surface area contributed by atoms with E-state index in [-0.39, 0.29) is 0 Å². The van der Waals surface area contributed by atoms with Gasteiger partial charge in [0.25, 0.3) is 0 Å². The molecule has 0 unspecified atom stereocenters. The summed E-state index contributed by atoms with van der Waals surface area (Å²) in [4.78, 5) is 6.94. The quantitative estimate of drug-likeness (QED) is 0.605. The number of rotatable bonds is 0. The highest BCUT2D eigenvalue weighted by Gasteiger charge is 2.00. The van der Waals surface area contributed by atoms with E-state index in [0.717, 1.165) is 11.2 Å². The second kappa shape index (κ2) is 2.13. The molecule has 2 aromatic rings. The molecule has 0 aliphatic carbocycles. The van der Waals surface area contributed by atoms with Crippen molar-refractivity contribution in [3.05, 3.63) is 16.7 Å². The van der Waals surface area contributed by atoms with Crippen molar-refractivity contribution >= 4 is 23.3 Å². The van der Waals surface area contributed by atoms with Crippen molar-refractivity contribution in [2.45, 2.75) is 6.92 Å². The van der Waals surface area contributed by atoms with Gasteiger partial charge in [0.2, 0.25) is 5.71 Å². The lowest BCUT2D eigenvalue weighted by Gasteiger charge is -1.89. The zero-order valence-electron chi connectivity index (χ0n) is 5.79. The molecule has 0 amide bonds. The number of aryl methyl sites for hydroxylation is 1. The van der Waals surface area contributed by atoms with Gasteiger partial charge in [0.15, 0.2) is 0 Å². The van der Waals surface area contributed by atoms with Gasteiger partial charge in [-0.25, -0.2) is 4.98 Å². The average molecular weight is 167 g/mol. The van der Waals surface area contributed by atoms with Crippen molar-refractivity contribution in [3.63, 3.8) is 0 Å². The number of nitrogens with one attached hydrogen (secondary N) is 1. The molecule has 0 spiro atoms. The molecular formula is C6H5N3OS. The smallest absolute Gasteiger partial charge is 0.240 e. The third kappa shape index (κ3) is 0.932. The predicted molar refractivity (Wildman–Crippen MR) is 41.7 cm³/mol. The Morgan fingerprint density at radius 1 is 1.64 bits per heavy atom. The van der Waals surface area contributed by atoms with Crippen molar-refractivity contribution in [1.82, 2.24) is 15.1 Å². The average Bonchev–Trinajstić information content (AvgIpc) is 2.34. The molecule has 0 radical (unpaired) electrons. The fraction of sp³-hybridized carbons (Fsp3) is 0.167. The van der Waals surface area contributed by atoms with E-state index in [1.54, 1.807) is 6.20 Å². The fourth-order valence-electron chi connectivity index (χ4n) is 0.887. The summed E-state index contributed by atoms with van der Waals surface area (Å²) in [6.45, 7) is 1.82. The van der Waals surface area contributed by atoms with Gasteiger partial charge < -0.3 is 9.51 Å². The van der Waals surface area contributed by atoms with Crippen LogP contribution in [0.5, 0.6) is 0 Å². The van der Waals surface area contributed by atoms with Crippen molar-refractivity contribution in [2.24, 2.45) is 0 Å². The zero-order chi connectivity index (χ0) is 7.84. The van der Waals surface area contributed by atoms with Gasteiger partial charge in [-0.15, -0.1) is 0 Å². The molecule has 0 aliphatic rings. The lowest BCUT2D eigenvalue weighted by Crippen LogP contribution is -1.86. The van der Waals surface area contributed by atoms with E-state index >= 15 is 0 Å². The minimum absolute atomic E-state index is 0.525. The lowest BCUT2D eigenvalue weighted by atomic mass is 10.4. The van der Waals surface area contributed by atoms with Crippen molar-refractivity contribution in [2.75, 3.05) is 0 Å². The normalized spacial score (nSPS) is 10.6. The van der Waals surface area contributed by atoms with Crippen LogP contribution in [0, 0.1) is 11.6 Å². The van der Waals surface area contributed by atoms with Gasteiger partial charge in [-0.2, -0.15) is 0 Å². The summed E-state index contributed by atoms with van der Waals surface area (Å²) in [5, 5.41) is 4.35. The van der Waals surface area contributed by atoms with Gasteiger partial charge in [0, 0.05) is 0 Å². The molecule has 0 bridgehead atoms. The van der Waals surface area contributed by atoms with Crippen LogP contribution in [0.15, 0.2) is 10.7 Å². The standard InChI is InChI=1S/C6H5N3OS/c1-3-8-5-4(2-7-10-5)6(11)9-3/h2H,1H3,(H,8,9,11). The molecular weight excluding hydrogens is 162 g/mol. The number of fused-ring (bicyclic) bond motifs is 1. The van der Waals surface area contributed by atoms with Gasteiger partial charge >= 0.3 is 0 Å². The number of aromatic amines is 1. The van der Waals surface area contributed by atoms with Crippen LogP contribution >= 0.6 is 12.2 Å². The minimum atomic E-state index is 0.525. The Balaban J connectivity index is 3.02. The van der Waals surface area contributed by atoms with E-state index in [0.29, 0.717) is 10.4 Å². The highest BCUT2D eigenvalue weighted by Crippen LogP contribution is 2.10. The van der Waals surface area contributed by atoms with Crippen LogP contribution in [0.25, 0.3) is 11.1 Å². The summed E-state index contributed by atoms with van der Waals surface area (Å²) in [6.07, 6.45) is 1.56. The summed E-state index contributed by atoms with van der Waals surface area (Å²) in [5.74, 6) is 0.735. The van der Waals surface area contributed by atoms with E-state index in [1.165, 1.54) is 0 Å². The molecule has 5 heteroatoms. The Morgan fingerprint density at radius 3 is 3.27 bits per heavy atom. The first kappa shape index (κ1) is 6.48. The molecule has 4 nitrogen and oxygen atoms in total. The SMILES string of the molecule is Cc1nc(=S)c2cnoc2[nH]1. The molecule has 1 N–H and O–H groups in total. The molecule has 11 heavy (non-hydrogen) atoms. The fourth-order valence-corrected chi connectivity index (χ4v) is 1.17. The van der Waals surface area contributed by atoms with E-state index < -0.39 is 0 Å². The predicted octanol–water partition coefficient (Wildman–Crippen LogP) is 1.59. The maximum atomic E-state index is 4.96. The number of H-pyrrole nitrogens is 1. The Labute approximate surface area is 67.2 Å². The Kier molecular flexibility index (Phi) is 1.25. The summed E-state index contributed by atoms with van der Waals surface area (Å²) < 4.78 is 5.39. The molecule has 0 fully saturated rings. The molecule has 0 aliphatic heterocycles. The molecule has 0 saturated carbocycles. The summed E-state index contributed by atoms with van der Waals surface area (Å²) in [5.41, 5.74) is 0.586. The number of hydrogen-bond acceptors (Lipinski definition) is 4. The summed E-state index contributed by atoms with van der Waals surface area (Å²) >= 11 is 4.96. The highest BCUT2D eigenvalue weighted by atomic mass is 32.1. The van der Waals surface area contributed by atoms with Gasteiger partial charge in [-0.1, -0.05) is 17.4 Å². The van der Waals surface area contributed by atoms with E-state index in [9.17, 15) is 0 Å². The molecule has 2 rings (SSSR count). The van der Waals surface area contributed by atoms with Crippen LogP contribution in [0.4, 0.5) is 0 Å². The Bertz CT molecular complexity index is 444. The first-order chi connectivity index (χ1) is 5.27. The van der Waals surface area contributed by atoms with Gasteiger partial charge in [-0.3, -0.25) is 0 Å². The van der Waals surface area contributed by atoms with Crippen LogP contribution in [-0.4, -0.2) is 15.1 Å². The maximum absolute atomic E-state index is 4.96. The van der Waals surface area contributed by atoms with Crippen molar-refractivity contribution < 1.29 is 4.52 Å². The first-order valence-electron chi connectivity index (χ1n) is 3.08. The first-order valence-corrected chi connectivity index (χ1v) is 3.49. The van der Waals surface area contributed by atoms with Gasteiger partial charge in [0.05, 0.1) is 11.6 Å². The molecule has 0 atom stereocenters. The molecule has 0 saturated heterocycles.